The van der Waals surface area contributed by atoms with Crippen LogP contribution in [0.25, 0.3) is 0 Å². The van der Waals surface area contributed by atoms with Crippen LogP contribution < -0.4 is 14.8 Å². The number of methoxy groups -OCH3 is 1. The van der Waals surface area contributed by atoms with Crippen LogP contribution in [0.5, 0.6) is 11.5 Å². The first-order valence-corrected chi connectivity index (χ1v) is 8.72. The second kappa shape index (κ2) is 11.3. The Labute approximate surface area is 143 Å². The number of hydrogen-bond donors (Lipinski definition) is 1. The Morgan fingerprint density at radius 1 is 1.00 bits per heavy atom. The van der Waals surface area contributed by atoms with E-state index in [4.69, 9.17) is 14.2 Å². The van der Waals surface area contributed by atoms with E-state index in [9.17, 15) is 0 Å². The summed E-state index contributed by atoms with van der Waals surface area (Å²) in [5.74, 6) is 1.59. The molecule has 1 rings (SSSR count). The van der Waals surface area contributed by atoms with Crippen molar-refractivity contribution in [3.63, 3.8) is 0 Å². The van der Waals surface area contributed by atoms with Gasteiger partial charge in [0.15, 0.2) is 0 Å². The number of nitrogens with one attached hydrogen (secondary N) is 1. The van der Waals surface area contributed by atoms with Crippen LogP contribution in [-0.2, 0) is 4.74 Å². The van der Waals surface area contributed by atoms with Gasteiger partial charge in [-0.25, -0.2) is 0 Å². The Morgan fingerprint density at radius 3 is 2.43 bits per heavy atom. The van der Waals surface area contributed by atoms with E-state index >= 15 is 0 Å². The van der Waals surface area contributed by atoms with Crippen LogP contribution in [0.2, 0.25) is 0 Å². The number of hydrogen-bond acceptors (Lipinski definition) is 4. The highest BCUT2D eigenvalue weighted by Crippen LogP contribution is 2.35. The van der Waals surface area contributed by atoms with Crippen LogP contribution in [0, 0.1) is 0 Å². The number of benzene rings is 1. The van der Waals surface area contributed by atoms with Gasteiger partial charge in [-0.1, -0.05) is 0 Å². The fourth-order valence-electron chi connectivity index (χ4n) is 1.73. The predicted octanol–water partition coefficient (Wildman–Crippen LogP) is 4.01. The average molecular weight is 425 g/mol. The van der Waals surface area contributed by atoms with E-state index < -0.39 is 0 Å². The highest BCUT2D eigenvalue weighted by molar-refractivity contribution is 9.11. The third-order valence-corrected chi connectivity index (χ3v) is 4.08. The van der Waals surface area contributed by atoms with Crippen molar-refractivity contribution in [2.45, 2.75) is 19.8 Å². The third kappa shape index (κ3) is 7.49. The molecule has 120 valence electrons. The first-order chi connectivity index (χ1) is 10.2. The molecule has 0 atom stereocenters. The molecule has 0 bridgehead atoms. The van der Waals surface area contributed by atoms with Gasteiger partial charge >= 0.3 is 0 Å². The molecule has 0 unspecified atom stereocenters. The molecule has 4 nitrogen and oxygen atoms in total. The van der Waals surface area contributed by atoms with E-state index in [2.05, 4.69) is 37.2 Å². The summed E-state index contributed by atoms with van der Waals surface area (Å²) in [5, 5.41) is 3.36. The predicted molar refractivity (Wildman–Crippen MR) is 92.5 cm³/mol. The first-order valence-electron chi connectivity index (χ1n) is 7.13. The number of rotatable bonds is 11. The van der Waals surface area contributed by atoms with Crippen molar-refractivity contribution in [2.24, 2.45) is 0 Å². The topological polar surface area (TPSA) is 39.7 Å². The normalized spacial score (nSPS) is 10.7. The summed E-state index contributed by atoms with van der Waals surface area (Å²) in [6.07, 6.45) is 2.22. The minimum Gasteiger partial charge on any atom is -0.496 e. The van der Waals surface area contributed by atoms with Gasteiger partial charge in [0.25, 0.3) is 0 Å². The molecule has 0 heterocycles. The molecular formula is C15H23Br2NO3. The van der Waals surface area contributed by atoms with Gasteiger partial charge in [-0.15, -0.1) is 0 Å². The maximum atomic E-state index is 5.74. The molecule has 0 radical (unpaired) electrons. The van der Waals surface area contributed by atoms with Crippen LogP contribution in [0.4, 0.5) is 0 Å². The summed E-state index contributed by atoms with van der Waals surface area (Å²) in [7, 11) is 1.64. The van der Waals surface area contributed by atoms with Crippen LogP contribution in [0.15, 0.2) is 21.1 Å². The zero-order valence-electron chi connectivity index (χ0n) is 12.6. The first kappa shape index (κ1) is 18.7. The molecule has 0 saturated carbocycles. The van der Waals surface area contributed by atoms with Crippen LogP contribution in [0.3, 0.4) is 0 Å². The summed E-state index contributed by atoms with van der Waals surface area (Å²) in [5.41, 5.74) is 0. The quantitative estimate of drug-likeness (QED) is 0.545. The fourth-order valence-corrected chi connectivity index (χ4v) is 2.66. The SMILES string of the molecule is CCOCCCCNCCOc1cc(Br)c(OC)cc1Br. The number of halogens is 2. The highest BCUT2D eigenvalue weighted by Gasteiger charge is 2.07. The molecule has 0 aliphatic heterocycles. The lowest BCUT2D eigenvalue weighted by Gasteiger charge is -2.11. The lowest BCUT2D eigenvalue weighted by molar-refractivity contribution is 0.143. The molecule has 1 aromatic carbocycles. The summed E-state index contributed by atoms with van der Waals surface area (Å²) in [4.78, 5) is 0. The highest BCUT2D eigenvalue weighted by atomic mass is 79.9. The van der Waals surface area contributed by atoms with E-state index in [0.717, 1.165) is 59.6 Å². The second-order valence-electron chi connectivity index (χ2n) is 4.42. The summed E-state index contributed by atoms with van der Waals surface area (Å²) >= 11 is 6.93. The van der Waals surface area contributed by atoms with Crippen molar-refractivity contribution in [1.29, 1.82) is 0 Å². The Kier molecular flexibility index (Phi) is 10.1. The zero-order chi connectivity index (χ0) is 15.5. The van der Waals surface area contributed by atoms with Crippen molar-refractivity contribution in [3.05, 3.63) is 21.1 Å². The number of ether oxygens (including phenoxy) is 3. The van der Waals surface area contributed by atoms with Gasteiger partial charge in [0, 0.05) is 19.8 Å². The van der Waals surface area contributed by atoms with Crippen molar-refractivity contribution in [1.82, 2.24) is 5.32 Å². The van der Waals surface area contributed by atoms with Gasteiger partial charge in [-0.05, 0) is 70.3 Å². The van der Waals surface area contributed by atoms with Crippen molar-refractivity contribution in [2.75, 3.05) is 40.0 Å². The standard InChI is InChI=1S/C15H23Br2NO3/c1-3-20-8-5-4-6-18-7-9-21-15-11-12(16)14(19-2)10-13(15)17/h10-11,18H,3-9H2,1-2H3. The molecule has 6 heteroatoms. The van der Waals surface area contributed by atoms with Gasteiger partial charge in [0.05, 0.1) is 16.1 Å². The minimum absolute atomic E-state index is 0.628. The smallest absolute Gasteiger partial charge is 0.134 e. The van der Waals surface area contributed by atoms with E-state index in [-0.39, 0.29) is 0 Å². The molecule has 0 fully saturated rings. The maximum absolute atomic E-state index is 5.74. The van der Waals surface area contributed by atoms with Gasteiger partial charge in [0.1, 0.15) is 18.1 Å². The molecule has 0 spiro atoms. The largest absolute Gasteiger partial charge is 0.496 e. The zero-order valence-corrected chi connectivity index (χ0v) is 15.8. The molecule has 0 aliphatic rings. The Hall–Kier alpha value is -0.300. The molecule has 0 aromatic heterocycles. The van der Waals surface area contributed by atoms with Crippen LogP contribution in [0.1, 0.15) is 19.8 Å². The van der Waals surface area contributed by atoms with E-state index in [1.54, 1.807) is 7.11 Å². The molecule has 0 amide bonds. The summed E-state index contributed by atoms with van der Waals surface area (Å²) in [6, 6.07) is 3.80. The fraction of sp³-hybridized carbons (Fsp3) is 0.600. The molecular weight excluding hydrogens is 402 g/mol. The van der Waals surface area contributed by atoms with E-state index in [1.165, 1.54) is 0 Å². The van der Waals surface area contributed by atoms with Gasteiger partial charge < -0.3 is 19.5 Å². The van der Waals surface area contributed by atoms with Crippen molar-refractivity contribution >= 4 is 31.9 Å². The van der Waals surface area contributed by atoms with Gasteiger partial charge in [0.2, 0.25) is 0 Å². The lowest BCUT2D eigenvalue weighted by atomic mass is 10.3. The van der Waals surface area contributed by atoms with Crippen molar-refractivity contribution in [3.8, 4) is 11.5 Å². The Bertz CT molecular complexity index is 416. The second-order valence-corrected chi connectivity index (χ2v) is 6.13. The summed E-state index contributed by atoms with van der Waals surface area (Å²) < 4.78 is 18.0. The third-order valence-electron chi connectivity index (χ3n) is 2.84. The van der Waals surface area contributed by atoms with E-state index in [0.29, 0.717) is 6.61 Å². The summed E-state index contributed by atoms with van der Waals surface area (Å²) in [6.45, 7) is 6.11. The molecule has 1 aromatic rings. The molecule has 21 heavy (non-hydrogen) atoms. The minimum atomic E-state index is 0.628. The monoisotopic (exact) mass is 423 g/mol. The maximum Gasteiger partial charge on any atom is 0.134 e. The van der Waals surface area contributed by atoms with Gasteiger partial charge in [-0.3, -0.25) is 0 Å². The molecule has 1 N–H and O–H groups in total. The number of unbranched alkanes of at least 4 members (excludes halogenated alkanes) is 1. The van der Waals surface area contributed by atoms with Crippen molar-refractivity contribution < 1.29 is 14.2 Å². The average Bonchev–Trinajstić information content (AvgIpc) is 2.48. The van der Waals surface area contributed by atoms with E-state index in [1.807, 2.05) is 19.1 Å². The van der Waals surface area contributed by atoms with Crippen LogP contribution in [-0.4, -0.2) is 40.0 Å². The van der Waals surface area contributed by atoms with Gasteiger partial charge in [-0.2, -0.15) is 0 Å². The molecule has 0 saturated heterocycles. The molecule has 0 aliphatic carbocycles. The van der Waals surface area contributed by atoms with Crippen LogP contribution >= 0.6 is 31.9 Å². The Morgan fingerprint density at radius 2 is 1.71 bits per heavy atom. The Balaban J connectivity index is 2.17. The lowest BCUT2D eigenvalue weighted by Crippen LogP contribution is -2.22.